The molecular formula is C15H20F2N2O. The van der Waals surface area contributed by atoms with E-state index in [1.807, 2.05) is 6.07 Å². The number of fused-ring (bicyclic) bond motifs is 1. The van der Waals surface area contributed by atoms with Gasteiger partial charge in [0.25, 0.3) is 0 Å². The fraction of sp³-hybridized carbons (Fsp3) is 0.600. The first kappa shape index (κ1) is 13.6. The van der Waals surface area contributed by atoms with Gasteiger partial charge in [-0.25, -0.2) is 0 Å². The van der Waals surface area contributed by atoms with Crippen molar-refractivity contribution in [2.24, 2.45) is 0 Å². The molecule has 2 aliphatic heterocycles. The Balaban J connectivity index is 1.74. The summed E-state index contributed by atoms with van der Waals surface area (Å²) in [6.07, 6.45) is 3.45. The van der Waals surface area contributed by atoms with Crippen LogP contribution < -0.4 is 9.64 Å². The van der Waals surface area contributed by atoms with Crippen LogP contribution in [-0.2, 0) is 6.42 Å². The van der Waals surface area contributed by atoms with Crippen molar-refractivity contribution in [3.63, 3.8) is 0 Å². The number of likely N-dealkylation sites (tertiary alicyclic amines) is 1. The van der Waals surface area contributed by atoms with E-state index in [-0.39, 0.29) is 5.75 Å². The van der Waals surface area contributed by atoms with Crippen molar-refractivity contribution in [1.29, 1.82) is 0 Å². The van der Waals surface area contributed by atoms with Gasteiger partial charge < -0.3 is 14.5 Å². The highest BCUT2D eigenvalue weighted by molar-refractivity contribution is 5.61. The third-order valence-electron chi connectivity index (χ3n) is 4.38. The summed E-state index contributed by atoms with van der Waals surface area (Å²) >= 11 is 0. The average molecular weight is 282 g/mol. The minimum absolute atomic E-state index is 0.255. The van der Waals surface area contributed by atoms with Crippen LogP contribution in [0.2, 0.25) is 0 Å². The van der Waals surface area contributed by atoms with Crippen LogP contribution in [0, 0.1) is 0 Å². The second-order valence-corrected chi connectivity index (χ2v) is 5.64. The number of hydrogen-bond acceptors (Lipinski definition) is 3. The summed E-state index contributed by atoms with van der Waals surface area (Å²) in [6, 6.07) is 5.87. The molecule has 1 atom stereocenters. The topological polar surface area (TPSA) is 15.7 Å². The molecular weight excluding hydrogens is 262 g/mol. The van der Waals surface area contributed by atoms with Gasteiger partial charge in [0.05, 0.1) is 0 Å². The molecule has 0 radical (unpaired) electrons. The lowest BCUT2D eigenvalue weighted by atomic mass is 10.1. The van der Waals surface area contributed by atoms with Gasteiger partial charge in [-0.05, 0) is 44.5 Å². The minimum atomic E-state index is -2.76. The molecule has 0 aliphatic carbocycles. The third-order valence-corrected chi connectivity index (χ3v) is 4.38. The first-order valence-corrected chi connectivity index (χ1v) is 7.16. The maximum absolute atomic E-state index is 12.3. The molecule has 0 spiro atoms. The summed E-state index contributed by atoms with van der Waals surface area (Å²) in [5.74, 6) is 0.255. The van der Waals surface area contributed by atoms with Crippen LogP contribution in [0.3, 0.4) is 0 Å². The number of halogens is 2. The molecule has 0 unspecified atom stereocenters. The van der Waals surface area contributed by atoms with E-state index >= 15 is 0 Å². The normalized spacial score (nSPS) is 22.6. The zero-order valence-electron chi connectivity index (χ0n) is 11.7. The number of rotatable bonds is 4. The maximum Gasteiger partial charge on any atom is 0.387 e. The number of benzene rings is 1. The number of alkyl halides is 2. The van der Waals surface area contributed by atoms with E-state index in [1.165, 1.54) is 18.4 Å². The summed E-state index contributed by atoms with van der Waals surface area (Å²) in [4.78, 5) is 4.69. The number of likely N-dealkylation sites (N-methyl/N-ethyl adjacent to an activating group) is 1. The number of nitrogens with zero attached hydrogens (tertiary/aromatic N) is 2. The molecule has 0 N–H and O–H groups in total. The predicted molar refractivity (Wildman–Crippen MR) is 74.6 cm³/mol. The Morgan fingerprint density at radius 1 is 1.35 bits per heavy atom. The van der Waals surface area contributed by atoms with Crippen LogP contribution in [0.4, 0.5) is 14.5 Å². The fourth-order valence-electron chi connectivity index (χ4n) is 3.26. The van der Waals surface area contributed by atoms with Crippen LogP contribution in [0.15, 0.2) is 18.2 Å². The molecule has 1 aromatic carbocycles. The standard InChI is InChI=1S/C15H20F2N2O/c1-18-7-2-3-12(18)10-19-8-6-11-4-5-13(9-14(11)19)20-15(16)17/h4-5,9,12,15H,2-3,6-8,10H2,1H3/t12-/m1/s1. The number of hydrogen-bond donors (Lipinski definition) is 0. The molecule has 1 saturated heterocycles. The van der Waals surface area contributed by atoms with Crippen LogP contribution in [0.25, 0.3) is 0 Å². The zero-order valence-corrected chi connectivity index (χ0v) is 11.7. The van der Waals surface area contributed by atoms with E-state index in [4.69, 9.17) is 0 Å². The SMILES string of the molecule is CN1CCC[C@@H]1CN1CCc2ccc(OC(F)F)cc21. The Labute approximate surface area is 118 Å². The van der Waals surface area contributed by atoms with Gasteiger partial charge in [-0.2, -0.15) is 8.78 Å². The number of ether oxygens (including phenoxy) is 1. The highest BCUT2D eigenvalue weighted by Crippen LogP contribution is 2.33. The Bertz CT molecular complexity index is 481. The molecule has 20 heavy (non-hydrogen) atoms. The van der Waals surface area contributed by atoms with E-state index in [0.717, 1.165) is 31.7 Å². The average Bonchev–Trinajstić information content (AvgIpc) is 2.97. The third kappa shape index (κ3) is 2.73. The molecule has 0 saturated carbocycles. The largest absolute Gasteiger partial charge is 0.435 e. The van der Waals surface area contributed by atoms with Crippen molar-refractivity contribution in [3.05, 3.63) is 23.8 Å². The van der Waals surface area contributed by atoms with E-state index in [0.29, 0.717) is 6.04 Å². The molecule has 1 aromatic rings. The molecule has 2 heterocycles. The molecule has 3 nitrogen and oxygen atoms in total. The van der Waals surface area contributed by atoms with Crippen molar-refractivity contribution in [1.82, 2.24) is 4.90 Å². The Morgan fingerprint density at radius 3 is 2.90 bits per heavy atom. The number of anilines is 1. The van der Waals surface area contributed by atoms with Crippen LogP contribution in [-0.4, -0.2) is 44.2 Å². The molecule has 0 bridgehead atoms. The lowest BCUT2D eigenvalue weighted by Crippen LogP contribution is -2.37. The zero-order chi connectivity index (χ0) is 14.1. The van der Waals surface area contributed by atoms with E-state index < -0.39 is 6.61 Å². The molecule has 3 rings (SSSR count). The van der Waals surface area contributed by atoms with Crippen molar-refractivity contribution in [3.8, 4) is 5.75 Å². The lowest BCUT2D eigenvalue weighted by Gasteiger charge is -2.27. The van der Waals surface area contributed by atoms with Gasteiger partial charge in [-0.3, -0.25) is 0 Å². The van der Waals surface area contributed by atoms with Crippen molar-refractivity contribution in [2.75, 3.05) is 31.6 Å². The molecule has 0 amide bonds. The van der Waals surface area contributed by atoms with Crippen molar-refractivity contribution >= 4 is 5.69 Å². The molecule has 0 aromatic heterocycles. The fourth-order valence-corrected chi connectivity index (χ4v) is 3.26. The highest BCUT2D eigenvalue weighted by atomic mass is 19.3. The second-order valence-electron chi connectivity index (χ2n) is 5.64. The smallest absolute Gasteiger partial charge is 0.387 e. The van der Waals surface area contributed by atoms with Crippen LogP contribution in [0.1, 0.15) is 18.4 Å². The van der Waals surface area contributed by atoms with Crippen molar-refractivity contribution < 1.29 is 13.5 Å². The summed E-state index contributed by atoms with van der Waals surface area (Å²) < 4.78 is 29.1. The molecule has 5 heteroatoms. The first-order chi connectivity index (χ1) is 9.63. The van der Waals surface area contributed by atoms with Gasteiger partial charge in [-0.15, -0.1) is 0 Å². The summed E-state index contributed by atoms with van der Waals surface area (Å²) in [5.41, 5.74) is 2.29. The van der Waals surface area contributed by atoms with Crippen LogP contribution in [0.5, 0.6) is 5.75 Å². The Kier molecular flexibility index (Phi) is 3.78. The van der Waals surface area contributed by atoms with Gasteiger partial charge in [-0.1, -0.05) is 6.07 Å². The molecule has 1 fully saturated rings. The van der Waals surface area contributed by atoms with Gasteiger partial charge in [0, 0.05) is 30.9 Å². The van der Waals surface area contributed by atoms with Gasteiger partial charge >= 0.3 is 6.61 Å². The Hall–Kier alpha value is -1.36. The van der Waals surface area contributed by atoms with E-state index in [9.17, 15) is 8.78 Å². The monoisotopic (exact) mass is 282 g/mol. The van der Waals surface area contributed by atoms with E-state index in [1.54, 1.807) is 12.1 Å². The minimum Gasteiger partial charge on any atom is -0.435 e. The summed E-state index contributed by atoms with van der Waals surface area (Å²) in [5, 5.41) is 0. The van der Waals surface area contributed by atoms with Gasteiger partial charge in [0.15, 0.2) is 0 Å². The molecule has 2 aliphatic rings. The van der Waals surface area contributed by atoms with Gasteiger partial charge in [0.1, 0.15) is 5.75 Å². The first-order valence-electron chi connectivity index (χ1n) is 7.16. The Morgan fingerprint density at radius 2 is 2.20 bits per heavy atom. The maximum atomic E-state index is 12.3. The van der Waals surface area contributed by atoms with Crippen molar-refractivity contribution in [2.45, 2.75) is 31.9 Å². The summed E-state index contributed by atoms with van der Waals surface area (Å²) in [7, 11) is 2.16. The predicted octanol–water partition coefficient (Wildman–Crippen LogP) is 2.74. The second kappa shape index (κ2) is 5.56. The summed E-state index contributed by atoms with van der Waals surface area (Å²) in [6.45, 7) is 0.336. The van der Waals surface area contributed by atoms with Gasteiger partial charge in [0.2, 0.25) is 0 Å². The lowest BCUT2D eigenvalue weighted by molar-refractivity contribution is -0.0498. The quantitative estimate of drug-likeness (QED) is 0.844. The molecule has 110 valence electrons. The van der Waals surface area contributed by atoms with E-state index in [2.05, 4.69) is 21.6 Å². The van der Waals surface area contributed by atoms with Crippen LogP contribution >= 0.6 is 0 Å². The highest BCUT2D eigenvalue weighted by Gasteiger charge is 2.27.